The quantitative estimate of drug-likeness (QED) is 0.0314. The fraction of sp³-hybridized carbons (Fsp3) is 0.500. The highest BCUT2D eigenvalue weighted by atomic mass is 16.7. The summed E-state index contributed by atoms with van der Waals surface area (Å²) in [6.45, 7) is 7.33. The molecule has 0 saturated heterocycles. The number of carbonyl (C=O) groups excluding carboxylic acids is 1. The molecule has 10 nitrogen and oxygen atoms in total. The Labute approximate surface area is 417 Å². The van der Waals surface area contributed by atoms with Crippen molar-refractivity contribution in [1.29, 1.82) is 0 Å². The van der Waals surface area contributed by atoms with Crippen molar-refractivity contribution in [2.24, 2.45) is 22.9 Å². The number of aliphatic hydroxyl groups excluding tert-OH is 2. The van der Waals surface area contributed by atoms with E-state index in [9.17, 15) is 15.0 Å². The summed E-state index contributed by atoms with van der Waals surface area (Å²) >= 11 is 0. The Morgan fingerprint density at radius 3 is 2.11 bits per heavy atom. The third kappa shape index (κ3) is 13.5. The molecule has 0 bridgehead atoms. The predicted octanol–water partition coefficient (Wildman–Crippen LogP) is 14.0. The highest BCUT2D eigenvalue weighted by Crippen LogP contribution is 2.62. The maximum atomic E-state index is 14.4. The van der Waals surface area contributed by atoms with Crippen LogP contribution >= 0.6 is 0 Å². The molecule has 6 unspecified atom stereocenters. The molecule has 2 aliphatic carbocycles. The normalized spacial score (nSPS) is 21.7. The van der Waals surface area contributed by atoms with Crippen molar-refractivity contribution < 1.29 is 38.8 Å². The molecule has 0 radical (unpaired) electrons. The van der Waals surface area contributed by atoms with Gasteiger partial charge in [0.15, 0.2) is 0 Å². The summed E-state index contributed by atoms with van der Waals surface area (Å²) in [6, 6.07) is 33.8. The monoisotopic (exact) mass is 955 g/mol. The van der Waals surface area contributed by atoms with Gasteiger partial charge < -0.3 is 38.9 Å². The van der Waals surface area contributed by atoms with Crippen molar-refractivity contribution in [3.63, 3.8) is 0 Å². The van der Waals surface area contributed by atoms with E-state index in [1.165, 1.54) is 44.9 Å². The van der Waals surface area contributed by atoms with Gasteiger partial charge >= 0.3 is 6.09 Å². The number of aliphatic hydroxyl groups is 2. The summed E-state index contributed by atoms with van der Waals surface area (Å²) in [7, 11) is 1.79. The van der Waals surface area contributed by atoms with Gasteiger partial charge in [-0.1, -0.05) is 168 Å². The summed E-state index contributed by atoms with van der Waals surface area (Å²) in [5.74, 6) is 0.228. The zero-order valence-corrected chi connectivity index (χ0v) is 41.9. The Kier molecular flexibility index (Phi) is 20.4. The number of likely N-dealkylation sites (N-methyl/N-ethyl adjacent to an activating group) is 1. The molecule has 0 spiro atoms. The van der Waals surface area contributed by atoms with E-state index in [-0.39, 0.29) is 44.2 Å². The van der Waals surface area contributed by atoms with E-state index >= 15 is 0 Å². The molecule has 1 amide bonds. The van der Waals surface area contributed by atoms with Crippen LogP contribution in [0.5, 0.6) is 17.2 Å². The summed E-state index contributed by atoms with van der Waals surface area (Å²) in [5, 5.41) is 25.0. The third-order valence-electron chi connectivity index (χ3n) is 14.6. The smallest absolute Gasteiger partial charge is 0.409 e. The van der Waals surface area contributed by atoms with Gasteiger partial charge in [0, 0.05) is 38.2 Å². The molecule has 4 aromatic rings. The van der Waals surface area contributed by atoms with Crippen LogP contribution in [0.4, 0.5) is 4.79 Å². The first-order chi connectivity index (χ1) is 34.4. The second-order valence-electron chi connectivity index (χ2n) is 19.4. The van der Waals surface area contributed by atoms with Crippen molar-refractivity contribution in [3.8, 4) is 28.4 Å². The van der Waals surface area contributed by atoms with Crippen LogP contribution in [-0.2, 0) is 20.9 Å². The van der Waals surface area contributed by atoms with E-state index < -0.39 is 23.8 Å². The highest BCUT2D eigenvalue weighted by Gasteiger charge is 2.65. The van der Waals surface area contributed by atoms with Crippen molar-refractivity contribution in [2.45, 2.75) is 140 Å². The number of rotatable bonds is 29. The van der Waals surface area contributed by atoms with Crippen molar-refractivity contribution in [3.05, 3.63) is 139 Å². The minimum Gasteiger partial charge on any atom is -0.459 e. The summed E-state index contributed by atoms with van der Waals surface area (Å²) < 4.78 is 27.2. The maximum Gasteiger partial charge on any atom is 0.409 e. The lowest BCUT2D eigenvalue weighted by Gasteiger charge is -2.59. The number of hydrogen-bond donors (Lipinski definition) is 2. The molecular weight excluding hydrogens is 877 g/mol. The standard InChI is InChI=1S/C60H78N2O8/c1-4-6-7-8-9-10-11-12-13-24-40-66-59(65)62(3)56-43-54(61-68-44-45-25-16-14-17-26-45)52-41-48(29-20-22-37-63)51(30-21-23-38-64)57-53-42-50(35-36-55(53)70-60(56,58(52)57)67-39-5-2)69-49-33-31-47(32-34-49)46-27-18-15-19-28-46/h5,14-19,25-28,31-36,41-42,48,51,56-58,63-64H,2,4,6-13,20-24,29-30,37-40,43-44H2,1,3H3. The van der Waals surface area contributed by atoms with Gasteiger partial charge in [0.05, 0.1) is 24.8 Å². The Bertz CT molecular complexity index is 2270. The maximum absolute atomic E-state index is 14.4. The molecule has 376 valence electrons. The van der Waals surface area contributed by atoms with Crippen LogP contribution in [0, 0.1) is 17.8 Å². The summed E-state index contributed by atoms with van der Waals surface area (Å²) in [6.07, 6.45) is 20.6. The lowest BCUT2D eigenvalue weighted by Crippen LogP contribution is -2.69. The SMILES string of the molecule is C=CCOC12Oc3ccc(Oc4ccc(-c5ccccc5)cc4)cc3C3C(CCCCO)C(CCCCO)C=C(C(=NOCc4ccccc4)CC1N(C)C(=O)OCCCCCCCCCCCC)C32. The first kappa shape index (κ1) is 52.4. The van der Waals surface area contributed by atoms with E-state index in [2.05, 4.69) is 49.9 Å². The number of nitrogens with zero attached hydrogens (tertiary/aromatic N) is 2. The van der Waals surface area contributed by atoms with Crippen LogP contribution < -0.4 is 9.47 Å². The predicted molar refractivity (Wildman–Crippen MR) is 279 cm³/mol. The molecule has 1 fully saturated rings. The van der Waals surface area contributed by atoms with Gasteiger partial charge in [0.25, 0.3) is 0 Å². The molecule has 0 aromatic heterocycles. The van der Waals surface area contributed by atoms with E-state index in [1.807, 2.05) is 72.8 Å². The minimum absolute atomic E-state index is 0.0765. The summed E-state index contributed by atoms with van der Waals surface area (Å²) in [4.78, 5) is 22.3. The Morgan fingerprint density at radius 2 is 1.43 bits per heavy atom. The molecule has 1 heterocycles. The van der Waals surface area contributed by atoms with E-state index in [0.29, 0.717) is 43.1 Å². The Hall–Kier alpha value is -5.42. The van der Waals surface area contributed by atoms with Crippen molar-refractivity contribution >= 4 is 11.8 Å². The van der Waals surface area contributed by atoms with Gasteiger partial charge in [-0.05, 0) is 96.5 Å². The number of hydrogen-bond acceptors (Lipinski definition) is 9. The highest BCUT2D eigenvalue weighted by molar-refractivity contribution is 6.03. The minimum atomic E-state index is -1.37. The Morgan fingerprint density at radius 1 is 0.786 bits per heavy atom. The average Bonchev–Trinajstić information content (AvgIpc) is 3.39. The number of unbranched alkanes of at least 4 members (excludes halogenated alkanes) is 11. The number of allylic oxidation sites excluding steroid dienone is 1. The van der Waals surface area contributed by atoms with Crippen LogP contribution in [0.1, 0.15) is 133 Å². The molecule has 70 heavy (non-hydrogen) atoms. The topological polar surface area (TPSA) is 119 Å². The van der Waals surface area contributed by atoms with E-state index in [0.717, 1.165) is 78.5 Å². The van der Waals surface area contributed by atoms with Crippen LogP contribution in [0.2, 0.25) is 0 Å². The number of fused-ring (bicyclic) bond motifs is 2. The van der Waals surface area contributed by atoms with Crippen LogP contribution in [-0.4, -0.2) is 72.2 Å². The number of oxime groups is 1. The van der Waals surface area contributed by atoms with Gasteiger partial charge in [-0.25, -0.2) is 4.79 Å². The van der Waals surface area contributed by atoms with Crippen LogP contribution in [0.3, 0.4) is 0 Å². The zero-order valence-electron chi connectivity index (χ0n) is 41.9. The first-order valence-corrected chi connectivity index (χ1v) is 26.4. The zero-order chi connectivity index (χ0) is 49.0. The lowest BCUT2D eigenvalue weighted by atomic mass is 9.55. The lowest BCUT2D eigenvalue weighted by molar-refractivity contribution is -0.253. The average molecular weight is 955 g/mol. The molecule has 7 rings (SSSR count). The fourth-order valence-electron chi connectivity index (χ4n) is 11.0. The largest absolute Gasteiger partial charge is 0.459 e. The van der Waals surface area contributed by atoms with Gasteiger partial charge in [0.1, 0.15) is 29.9 Å². The third-order valence-corrected chi connectivity index (χ3v) is 14.6. The second-order valence-corrected chi connectivity index (χ2v) is 19.4. The molecule has 4 aromatic carbocycles. The fourth-order valence-corrected chi connectivity index (χ4v) is 11.0. The molecular formula is C60H78N2O8. The second kappa shape index (κ2) is 27.3. The van der Waals surface area contributed by atoms with Gasteiger partial charge in [0.2, 0.25) is 5.79 Å². The first-order valence-electron chi connectivity index (χ1n) is 26.4. The molecule has 3 aliphatic rings. The number of ether oxygens (including phenoxy) is 4. The molecule has 6 atom stereocenters. The summed E-state index contributed by atoms with van der Waals surface area (Å²) in [5.41, 5.74) is 5.94. The van der Waals surface area contributed by atoms with Crippen LogP contribution in [0.15, 0.2) is 133 Å². The van der Waals surface area contributed by atoms with E-state index in [4.69, 9.17) is 28.9 Å². The molecule has 2 N–H and O–H groups in total. The number of amides is 1. The van der Waals surface area contributed by atoms with Gasteiger partial charge in [-0.3, -0.25) is 0 Å². The van der Waals surface area contributed by atoms with Crippen molar-refractivity contribution in [2.75, 3.05) is 33.5 Å². The number of carbonyl (C=O) groups is 1. The van der Waals surface area contributed by atoms with Gasteiger partial charge in [-0.2, -0.15) is 0 Å². The van der Waals surface area contributed by atoms with E-state index in [1.54, 1.807) is 18.0 Å². The Balaban J connectivity index is 1.25. The van der Waals surface area contributed by atoms with Crippen molar-refractivity contribution in [1.82, 2.24) is 4.90 Å². The molecule has 1 saturated carbocycles. The number of benzene rings is 4. The van der Waals surface area contributed by atoms with Gasteiger partial charge in [-0.15, -0.1) is 6.58 Å². The van der Waals surface area contributed by atoms with Crippen LogP contribution in [0.25, 0.3) is 11.1 Å². The molecule has 1 aliphatic heterocycles. The molecule has 10 heteroatoms.